The van der Waals surface area contributed by atoms with Crippen LogP contribution in [0.1, 0.15) is 29.4 Å². The molecule has 1 amide bonds. The van der Waals surface area contributed by atoms with Crippen LogP contribution in [0, 0.1) is 0 Å². The molecule has 0 aliphatic rings. The van der Waals surface area contributed by atoms with Gasteiger partial charge in [-0.2, -0.15) is 0 Å². The van der Waals surface area contributed by atoms with Crippen molar-refractivity contribution in [3.8, 4) is 11.1 Å². The Morgan fingerprint density at radius 3 is 2.62 bits per heavy atom. The fraction of sp³-hybridized carbons (Fsp3) is 0.296. The number of hydrogen-bond donors (Lipinski definition) is 2. The van der Waals surface area contributed by atoms with Gasteiger partial charge in [0.05, 0.1) is 13.2 Å². The van der Waals surface area contributed by atoms with Crippen molar-refractivity contribution in [3.63, 3.8) is 0 Å². The molecule has 2 N–H and O–H groups in total. The lowest BCUT2D eigenvalue weighted by Gasteiger charge is -2.24. The van der Waals surface area contributed by atoms with E-state index in [1.54, 1.807) is 37.3 Å². The molecule has 1 heterocycles. The number of rotatable bonds is 15. The molecule has 0 bridgehead atoms. The van der Waals surface area contributed by atoms with Crippen molar-refractivity contribution in [3.05, 3.63) is 82.6 Å². The number of benzene rings is 2. The van der Waals surface area contributed by atoms with E-state index in [2.05, 4.69) is 27.1 Å². The smallest absolute Gasteiger partial charge is 0.434 e. The quantitative estimate of drug-likeness (QED) is 0.111. The lowest BCUT2D eigenvalue weighted by molar-refractivity contribution is -0.164. The summed E-state index contributed by atoms with van der Waals surface area (Å²) in [6.45, 7) is 4.52. The van der Waals surface area contributed by atoms with Gasteiger partial charge in [0.2, 0.25) is 6.79 Å². The lowest BCUT2D eigenvalue weighted by Crippen LogP contribution is -2.47. The Kier molecular flexibility index (Phi) is 12.6. The van der Waals surface area contributed by atoms with Gasteiger partial charge in [0.15, 0.2) is 11.8 Å². The number of aliphatic hydroxyl groups excluding tert-OH is 1. The van der Waals surface area contributed by atoms with E-state index >= 15 is 0 Å². The SMILES string of the molecule is C=CCOn1cc(C(=O)NN(Cc2ccc(-c3cc(Cl)ccc3Cl)cc2)CC(O)C(=O)OCOC(=O)OCCC)nn1. The zero-order valence-corrected chi connectivity index (χ0v) is 24.1. The predicted molar refractivity (Wildman–Crippen MR) is 151 cm³/mol. The minimum atomic E-state index is -1.73. The van der Waals surface area contributed by atoms with E-state index in [9.17, 15) is 19.5 Å². The molecule has 0 aliphatic carbocycles. The predicted octanol–water partition coefficient (Wildman–Crippen LogP) is 3.44. The van der Waals surface area contributed by atoms with E-state index < -0.39 is 37.5 Å². The average Bonchev–Trinajstić information content (AvgIpc) is 3.46. The van der Waals surface area contributed by atoms with E-state index in [0.717, 1.165) is 16.0 Å². The highest BCUT2D eigenvalue weighted by atomic mass is 35.5. The van der Waals surface area contributed by atoms with Gasteiger partial charge in [-0.1, -0.05) is 71.9 Å². The Hall–Kier alpha value is -4.17. The van der Waals surface area contributed by atoms with Gasteiger partial charge < -0.3 is 24.2 Å². The minimum Gasteiger partial charge on any atom is -0.434 e. The average molecular weight is 622 g/mol. The van der Waals surface area contributed by atoms with Crippen molar-refractivity contribution in [2.24, 2.45) is 0 Å². The summed E-state index contributed by atoms with van der Waals surface area (Å²) in [6, 6.07) is 12.3. The number of ether oxygens (including phenoxy) is 3. The van der Waals surface area contributed by atoms with E-state index in [1.165, 1.54) is 17.3 Å². The third kappa shape index (κ3) is 10.0. The second kappa shape index (κ2) is 16.3. The number of halogens is 2. The summed E-state index contributed by atoms with van der Waals surface area (Å²) in [5, 5.41) is 20.3. The van der Waals surface area contributed by atoms with Crippen molar-refractivity contribution in [1.29, 1.82) is 0 Å². The molecule has 0 radical (unpaired) electrons. The Labute approximate surface area is 251 Å². The molecule has 1 atom stereocenters. The zero-order chi connectivity index (χ0) is 30.5. The maximum Gasteiger partial charge on any atom is 0.511 e. The number of aliphatic hydroxyl groups is 1. The molecule has 13 nitrogen and oxygen atoms in total. The molecule has 3 rings (SSSR count). The van der Waals surface area contributed by atoms with Gasteiger partial charge in [0, 0.05) is 22.2 Å². The number of hydrazine groups is 1. The fourth-order valence-electron chi connectivity index (χ4n) is 3.37. The number of carbonyl (C=O) groups is 3. The maximum atomic E-state index is 12.9. The first-order chi connectivity index (χ1) is 20.2. The summed E-state index contributed by atoms with van der Waals surface area (Å²) in [4.78, 5) is 42.8. The van der Waals surface area contributed by atoms with E-state index in [4.69, 9.17) is 37.5 Å². The van der Waals surface area contributed by atoms with Gasteiger partial charge in [-0.05, 0) is 41.0 Å². The summed E-state index contributed by atoms with van der Waals surface area (Å²) in [5.41, 5.74) is 4.75. The second-order valence-corrected chi connectivity index (χ2v) is 9.42. The molecule has 224 valence electrons. The van der Waals surface area contributed by atoms with Crippen LogP contribution in [-0.4, -0.2) is 76.0 Å². The van der Waals surface area contributed by atoms with Gasteiger partial charge in [0.25, 0.3) is 5.91 Å². The Morgan fingerprint density at radius 1 is 1.14 bits per heavy atom. The van der Waals surface area contributed by atoms with E-state index in [1.807, 2.05) is 12.1 Å². The third-order valence-electron chi connectivity index (χ3n) is 5.32. The Bertz CT molecular complexity index is 1370. The second-order valence-electron chi connectivity index (χ2n) is 8.57. The van der Waals surface area contributed by atoms with Gasteiger partial charge in [0.1, 0.15) is 12.8 Å². The van der Waals surface area contributed by atoms with Crippen LogP contribution in [-0.2, 0) is 25.5 Å². The van der Waals surface area contributed by atoms with Crippen molar-refractivity contribution in [1.82, 2.24) is 25.6 Å². The van der Waals surface area contributed by atoms with Crippen molar-refractivity contribution in [2.45, 2.75) is 26.0 Å². The summed E-state index contributed by atoms with van der Waals surface area (Å²) in [7, 11) is 0. The lowest BCUT2D eigenvalue weighted by atomic mass is 10.0. The first-order valence-corrected chi connectivity index (χ1v) is 13.4. The molecule has 0 saturated carbocycles. The molecule has 15 heteroatoms. The first-order valence-electron chi connectivity index (χ1n) is 12.6. The van der Waals surface area contributed by atoms with Gasteiger partial charge in [-0.15, -0.1) is 5.10 Å². The molecule has 3 aromatic rings. The highest BCUT2D eigenvalue weighted by molar-refractivity contribution is 6.35. The van der Waals surface area contributed by atoms with Crippen molar-refractivity contribution >= 4 is 41.2 Å². The zero-order valence-electron chi connectivity index (χ0n) is 22.6. The summed E-state index contributed by atoms with van der Waals surface area (Å²) < 4.78 is 14.1. The van der Waals surface area contributed by atoms with Gasteiger partial charge in [-0.25, -0.2) is 14.6 Å². The Morgan fingerprint density at radius 2 is 1.90 bits per heavy atom. The van der Waals surface area contributed by atoms with E-state index in [-0.39, 0.29) is 25.5 Å². The van der Waals surface area contributed by atoms with Crippen LogP contribution in [0.25, 0.3) is 11.1 Å². The van der Waals surface area contributed by atoms with Crippen molar-refractivity contribution < 1.29 is 38.5 Å². The highest BCUT2D eigenvalue weighted by Gasteiger charge is 2.24. The highest BCUT2D eigenvalue weighted by Crippen LogP contribution is 2.30. The number of amides is 1. The molecule has 0 aliphatic heterocycles. The van der Waals surface area contributed by atoms with Crippen LogP contribution in [0.5, 0.6) is 0 Å². The van der Waals surface area contributed by atoms with Crippen LogP contribution >= 0.6 is 23.2 Å². The molecule has 1 unspecified atom stereocenters. The number of nitrogens with zero attached hydrogens (tertiary/aromatic N) is 4. The summed E-state index contributed by atoms with van der Waals surface area (Å²) >= 11 is 12.4. The standard InChI is InChI=1S/C27H29Cl2N5O8/c1-3-11-39-27(38)41-17-40-26(37)24(35)16-33(31-25(36)23-15-34(32-30-23)42-12-4-2)14-18-5-7-19(8-6-18)21-13-20(28)9-10-22(21)29/h4-10,13,15,24,35H,2-3,11-12,14,16-17H2,1H3,(H,31,36). The van der Waals surface area contributed by atoms with E-state index in [0.29, 0.717) is 22.0 Å². The molecule has 42 heavy (non-hydrogen) atoms. The minimum absolute atomic E-state index is 0.0561. The molecular formula is C27H29Cl2N5O8. The molecule has 0 saturated heterocycles. The van der Waals surface area contributed by atoms with Crippen LogP contribution in [0.15, 0.2) is 61.3 Å². The number of aromatic nitrogens is 3. The van der Waals surface area contributed by atoms with Crippen molar-refractivity contribution in [2.75, 3.05) is 26.6 Å². The number of hydrogen-bond acceptors (Lipinski definition) is 11. The molecule has 0 spiro atoms. The van der Waals surface area contributed by atoms with Crippen LogP contribution in [0.2, 0.25) is 10.0 Å². The molecule has 0 fully saturated rings. The van der Waals surface area contributed by atoms with Gasteiger partial charge >= 0.3 is 12.1 Å². The van der Waals surface area contributed by atoms with Crippen LogP contribution in [0.3, 0.4) is 0 Å². The van der Waals surface area contributed by atoms with Crippen LogP contribution < -0.4 is 10.3 Å². The number of carbonyl (C=O) groups excluding carboxylic acids is 3. The summed E-state index contributed by atoms with van der Waals surface area (Å²) in [6.07, 6.45) is 0.594. The third-order valence-corrected chi connectivity index (χ3v) is 5.89. The van der Waals surface area contributed by atoms with Crippen LogP contribution in [0.4, 0.5) is 4.79 Å². The topological polar surface area (TPSA) is 154 Å². The summed E-state index contributed by atoms with van der Waals surface area (Å²) in [5.74, 6) is -1.78. The first kappa shape index (κ1) is 32.3. The fourth-order valence-corrected chi connectivity index (χ4v) is 3.77. The maximum absolute atomic E-state index is 12.9. The number of nitrogens with one attached hydrogen (secondary N) is 1. The monoisotopic (exact) mass is 621 g/mol. The normalized spacial score (nSPS) is 11.5. The number of esters is 1. The Balaban J connectivity index is 1.70. The molecule has 2 aromatic carbocycles. The largest absolute Gasteiger partial charge is 0.511 e. The molecular weight excluding hydrogens is 593 g/mol. The molecule has 1 aromatic heterocycles. The van der Waals surface area contributed by atoms with Gasteiger partial charge in [-0.3, -0.25) is 10.2 Å².